The number of carbonyl (C=O) groups is 1. The first-order valence-corrected chi connectivity index (χ1v) is 10.7. The lowest BCUT2D eigenvalue weighted by Gasteiger charge is -2.27. The van der Waals surface area contributed by atoms with Gasteiger partial charge in [-0.3, -0.25) is 4.79 Å². The topological polar surface area (TPSA) is 29.4 Å². The number of rotatable bonds is 5. The number of nitrogens with zero attached hydrogens (tertiary/aromatic N) is 1. The quantitative estimate of drug-likeness (QED) is 0.534. The Balaban J connectivity index is 1.61. The molecule has 1 saturated carbocycles. The number of ketones is 1. The number of fused-ring (bicyclic) bond motifs is 1. The third kappa shape index (κ3) is 3.79. The van der Waals surface area contributed by atoms with Gasteiger partial charge in [0.05, 0.1) is 17.0 Å². The zero-order chi connectivity index (χ0) is 19.7. The molecule has 0 spiro atoms. The molecule has 1 atom stereocenters. The van der Waals surface area contributed by atoms with Gasteiger partial charge in [0.15, 0.2) is 5.78 Å². The third-order valence-electron chi connectivity index (χ3n) is 5.80. The monoisotopic (exact) mass is 405 g/mol. The molecule has 2 heterocycles. The van der Waals surface area contributed by atoms with Crippen molar-refractivity contribution >= 4 is 27.8 Å². The lowest BCUT2D eigenvalue weighted by atomic mass is 9.80. The van der Waals surface area contributed by atoms with Crippen LogP contribution in [0.25, 0.3) is 0 Å². The Bertz CT molecular complexity index is 879. The van der Waals surface area contributed by atoms with Crippen LogP contribution in [-0.2, 0) is 12.6 Å². The molecule has 2 nitrogen and oxygen atoms in total. The molecule has 0 saturated heterocycles. The molecule has 2 aromatic rings. The van der Waals surface area contributed by atoms with Crippen LogP contribution >= 0.6 is 11.3 Å². The molecule has 28 heavy (non-hydrogen) atoms. The van der Waals surface area contributed by atoms with Gasteiger partial charge in [-0.05, 0) is 43.6 Å². The minimum atomic E-state index is -4.52. The van der Waals surface area contributed by atoms with Gasteiger partial charge in [0.25, 0.3) is 0 Å². The fourth-order valence-electron chi connectivity index (χ4n) is 4.41. The van der Waals surface area contributed by atoms with E-state index in [0.717, 1.165) is 61.0 Å². The Morgan fingerprint density at radius 2 is 1.82 bits per heavy atom. The van der Waals surface area contributed by atoms with Crippen LogP contribution in [0, 0.1) is 11.8 Å². The first kappa shape index (κ1) is 19.4. The van der Waals surface area contributed by atoms with E-state index < -0.39 is 17.7 Å². The molecule has 1 aromatic heterocycles. The van der Waals surface area contributed by atoms with Crippen molar-refractivity contribution in [1.29, 1.82) is 0 Å². The van der Waals surface area contributed by atoms with E-state index in [-0.39, 0.29) is 22.3 Å². The molecule has 0 radical (unpaired) electrons. The van der Waals surface area contributed by atoms with Gasteiger partial charge in [0, 0.05) is 11.1 Å². The Morgan fingerprint density at radius 3 is 2.50 bits per heavy atom. The second kappa shape index (κ2) is 7.82. The van der Waals surface area contributed by atoms with Gasteiger partial charge in [-0.25, -0.2) is 4.99 Å². The second-order valence-electron chi connectivity index (χ2n) is 7.64. The summed E-state index contributed by atoms with van der Waals surface area (Å²) in [5, 5.41) is 1.29. The van der Waals surface area contributed by atoms with E-state index in [1.165, 1.54) is 5.56 Å². The number of benzene rings is 1. The molecule has 0 N–H and O–H groups in total. The van der Waals surface area contributed by atoms with Crippen LogP contribution in [0.4, 0.5) is 18.2 Å². The summed E-state index contributed by atoms with van der Waals surface area (Å²) in [6, 6.07) is 9.97. The van der Waals surface area contributed by atoms with Crippen LogP contribution in [0.5, 0.6) is 0 Å². The molecule has 1 fully saturated rings. The smallest absolute Gasteiger partial charge is 0.293 e. The summed E-state index contributed by atoms with van der Waals surface area (Å²) in [4.78, 5) is 17.8. The fourth-order valence-corrected chi connectivity index (χ4v) is 5.38. The Morgan fingerprint density at radius 1 is 1.11 bits per heavy atom. The molecule has 1 unspecified atom stereocenters. The van der Waals surface area contributed by atoms with Crippen LogP contribution < -0.4 is 0 Å². The largest absolute Gasteiger partial charge is 0.417 e. The molecule has 1 aromatic carbocycles. The van der Waals surface area contributed by atoms with E-state index in [4.69, 9.17) is 0 Å². The standard InChI is InChI=1S/C22H22F3NOS/c23-22(24,25)17-13-28-21-18(17)20(27)16(19(26-21)15-10-4-5-11-15)12-6-9-14-7-2-1-3-8-14/h1-3,7-8,13,15-16H,4-6,9-12H2. The van der Waals surface area contributed by atoms with Gasteiger partial charge in [-0.2, -0.15) is 13.2 Å². The second-order valence-corrected chi connectivity index (χ2v) is 8.50. The summed E-state index contributed by atoms with van der Waals surface area (Å²) in [6.07, 6.45) is 1.75. The summed E-state index contributed by atoms with van der Waals surface area (Å²) < 4.78 is 40.2. The van der Waals surface area contributed by atoms with Crippen LogP contribution in [0.15, 0.2) is 40.7 Å². The van der Waals surface area contributed by atoms with E-state index in [0.29, 0.717) is 6.42 Å². The number of Topliss-reactive ketones (excluding diaryl/α,β-unsaturated/α-hetero) is 1. The molecule has 2 aliphatic rings. The number of thiophene rings is 1. The SMILES string of the molecule is O=C1c2c(C(F)(F)F)csc2N=C(C2CCCC2)C1CCCc1ccccc1. The fraction of sp³-hybridized carbons (Fsp3) is 0.455. The molecular weight excluding hydrogens is 383 g/mol. The van der Waals surface area contributed by atoms with Crippen molar-refractivity contribution in [1.82, 2.24) is 0 Å². The Hall–Kier alpha value is -1.95. The zero-order valence-corrected chi connectivity index (χ0v) is 16.3. The van der Waals surface area contributed by atoms with Crippen LogP contribution in [0.3, 0.4) is 0 Å². The third-order valence-corrected chi connectivity index (χ3v) is 6.67. The molecule has 148 valence electrons. The molecule has 1 aliphatic heterocycles. The van der Waals surface area contributed by atoms with Crippen LogP contribution in [0.1, 0.15) is 60.0 Å². The maximum atomic E-state index is 13.4. The average Bonchev–Trinajstić information content (AvgIpc) is 3.33. The summed E-state index contributed by atoms with van der Waals surface area (Å²) in [5.74, 6) is -0.668. The van der Waals surface area contributed by atoms with Crippen molar-refractivity contribution in [3.05, 3.63) is 52.4 Å². The van der Waals surface area contributed by atoms with Crippen molar-refractivity contribution in [2.24, 2.45) is 16.8 Å². The average molecular weight is 405 g/mol. The maximum Gasteiger partial charge on any atom is 0.417 e. The summed E-state index contributed by atoms with van der Waals surface area (Å²) >= 11 is 0.940. The highest BCUT2D eigenvalue weighted by molar-refractivity contribution is 7.14. The number of halogens is 3. The van der Waals surface area contributed by atoms with Crippen molar-refractivity contribution in [2.75, 3.05) is 0 Å². The number of hydrogen-bond acceptors (Lipinski definition) is 3. The Labute approximate surface area is 166 Å². The van der Waals surface area contributed by atoms with E-state index in [2.05, 4.69) is 4.99 Å². The number of alkyl halides is 3. The van der Waals surface area contributed by atoms with Crippen molar-refractivity contribution in [3.8, 4) is 0 Å². The molecule has 4 rings (SSSR count). The highest BCUT2D eigenvalue weighted by Gasteiger charge is 2.44. The highest BCUT2D eigenvalue weighted by Crippen LogP contribution is 2.46. The van der Waals surface area contributed by atoms with Crippen molar-refractivity contribution in [3.63, 3.8) is 0 Å². The normalized spacial score (nSPS) is 20.3. The zero-order valence-electron chi connectivity index (χ0n) is 15.5. The summed E-state index contributed by atoms with van der Waals surface area (Å²) in [7, 11) is 0. The maximum absolute atomic E-state index is 13.4. The summed E-state index contributed by atoms with van der Waals surface area (Å²) in [5.41, 5.74) is 0.986. The number of aryl methyl sites for hydroxylation is 1. The van der Waals surface area contributed by atoms with Crippen molar-refractivity contribution in [2.45, 2.75) is 51.1 Å². The van der Waals surface area contributed by atoms with E-state index in [1.807, 2.05) is 30.3 Å². The van der Waals surface area contributed by atoms with Gasteiger partial charge >= 0.3 is 6.18 Å². The number of aliphatic imine (C=N–C) groups is 1. The van der Waals surface area contributed by atoms with E-state index >= 15 is 0 Å². The molecule has 0 bridgehead atoms. The van der Waals surface area contributed by atoms with Crippen LogP contribution in [0.2, 0.25) is 0 Å². The van der Waals surface area contributed by atoms with Crippen LogP contribution in [-0.4, -0.2) is 11.5 Å². The first-order chi connectivity index (χ1) is 13.4. The number of hydrogen-bond donors (Lipinski definition) is 0. The lowest BCUT2D eigenvalue weighted by Crippen LogP contribution is -2.32. The van der Waals surface area contributed by atoms with E-state index in [1.54, 1.807) is 0 Å². The molecule has 6 heteroatoms. The number of carbonyl (C=O) groups excluding carboxylic acids is 1. The van der Waals surface area contributed by atoms with Crippen molar-refractivity contribution < 1.29 is 18.0 Å². The van der Waals surface area contributed by atoms with Gasteiger partial charge in [-0.15, -0.1) is 11.3 Å². The van der Waals surface area contributed by atoms with E-state index in [9.17, 15) is 18.0 Å². The first-order valence-electron chi connectivity index (χ1n) is 9.80. The Kier molecular flexibility index (Phi) is 5.41. The molecule has 0 amide bonds. The summed E-state index contributed by atoms with van der Waals surface area (Å²) in [6.45, 7) is 0. The van der Waals surface area contributed by atoms with Gasteiger partial charge < -0.3 is 0 Å². The lowest BCUT2D eigenvalue weighted by molar-refractivity contribution is -0.137. The molecular formula is C22H22F3NOS. The minimum absolute atomic E-state index is 0.205. The minimum Gasteiger partial charge on any atom is -0.293 e. The van der Waals surface area contributed by atoms with Gasteiger partial charge in [0.2, 0.25) is 0 Å². The van der Waals surface area contributed by atoms with Gasteiger partial charge in [-0.1, -0.05) is 43.2 Å². The van der Waals surface area contributed by atoms with Gasteiger partial charge in [0.1, 0.15) is 5.00 Å². The highest BCUT2D eigenvalue weighted by atomic mass is 32.1. The predicted molar refractivity (Wildman–Crippen MR) is 106 cm³/mol. The predicted octanol–water partition coefficient (Wildman–Crippen LogP) is 6.87. The molecule has 1 aliphatic carbocycles.